The van der Waals surface area contributed by atoms with Gasteiger partial charge >= 0.3 is 0 Å². The largest absolute Gasteiger partial charge is 0.353 e. The minimum atomic E-state index is 0.253. The van der Waals surface area contributed by atoms with Crippen LogP contribution in [0.1, 0.15) is 5.69 Å². The summed E-state index contributed by atoms with van der Waals surface area (Å²) in [6.07, 6.45) is 1.58. The van der Waals surface area contributed by atoms with Crippen molar-refractivity contribution in [3.8, 4) is 0 Å². The molecule has 4 nitrogen and oxygen atoms in total. The van der Waals surface area contributed by atoms with Gasteiger partial charge in [0.2, 0.25) is 5.58 Å². The highest BCUT2D eigenvalue weighted by molar-refractivity contribution is 6.33. The lowest BCUT2D eigenvalue weighted by Crippen LogP contribution is -1.80. The van der Waals surface area contributed by atoms with Crippen LogP contribution in [0.25, 0.3) is 11.0 Å². The van der Waals surface area contributed by atoms with Crippen molar-refractivity contribution < 1.29 is 4.52 Å². The van der Waals surface area contributed by atoms with Crippen LogP contribution in [0.2, 0.25) is 5.15 Å². The van der Waals surface area contributed by atoms with Crippen LogP contribution < -0.4 is 0 Å². The fourth-order valence-electron chi connectivity index (χ4n) is 0.860. The van der Waals surface area contributed by atoms with Crippen LogP contribution in [0.3, 0.4) is 0 Å². The molecule has 0 aliphatic carbocycles. The summed E-state index contributed by atoms with van der Waals surface area (Å²) in [5.74, 6) is 0. The number of hydrogen-bond acceptors (Lipinski definition) is 4. The molecule has 2 aromatic heterocycles. The van der Waals surface area contributed by atoms with Crippen LogP contribution in [0.5, 0.6) is 0 Å². The van der Waals surface area contributed by atoms with E-state index < -0.39 is 0 Å². The van der Waals surface area contributed by atoms with Gasteiger partial charge in [-0.25, -0.2) is 0 Å². The van der Waals surface area contributed by atoms with Crippen molar-refractivity contribution in [2.24, 2.45) is 0 Å². The average Bonchev–Trinajstić information content (AvgIpc) is 2.35. The van der Waals surface area contributed by atoms with Crippen molar-refractivity contribution in [1.82, 2.24) is 15.4 Å². The summed E-state index contributed by atoms with van der Waals surface area (Å²) < 4.78 is 4.89. The maximum absolute atomic E-state index is 5.66. The quantitative estimate of drug-likeness (QED) is 0.601. The summed E-state index contributed by atoms with van der Waals surface area (Å²) in [5.41, 5.74) is 1.27. The Morgan fingerprint density at radius 3 is 3.09 bits per heavy atom. The molecule has 56 valence electrons. The van der Waals surface area contributed by atoms with Crippen LogP contribution in [-0.4, -0.2) is 15.4 Å². The first-order chi connectivity index (χ1) is 5.29. The molecule has 0 amide bonds. The van der Waals surface area contributed by atoms with Crippen molar-refractivity contribution in [3.63, 3.8) is 0 Å². The van der Waals surface area contributed by atoms with Gasteiger partial charge in [0.1, 0.15) is 0 Å². The van der Waals surface area contributed by atoms with E-state index in [-0.39, 0.29) is 5.15 Å². The van der Waals surface area contributed by atoms with Crippen molar-refractivity contribution in [2.75, 3.05) is 0 Å². The molecule has 0 saturated carbocycles. The Hall–Kier alpha value is -1.16. The Morgan fingerprint density at radius 1 is 1.55 bits per heavy atom. The van der Waals surface area contributed by atoms with Gasteiger partial charge in [-0.3, -0.25) is 0 Å². The Balaban J connectivity index is 2.94. The number of hydrogen-bond donors (Lipinski definition) is 0. The molecule has 2 heterocycles. The zero-order chi connectivity index (χ0) is 7.84. The maximum atomic E-state index is 5.66. The van der Waals surface area contributed by atoms with E-state index in [0.717, 1.165) is 11.1 Å². The van der Waals surface area contributed by atoms with Crippen LogP contribution in [0.15, 0.2) is 10.7 Å². The van der Waals surface area contributed by atoms with Gasteiger partial charge < -0.3 is 4.52 Å². The van der Waals surface area contributed by atoms with E-state index in [1.165, 1.54) is 0 Å². The first-order valence-electron chi connectivity index (χ1n) is 3.02. The molecule has 0 saturated heterocycles. The van der Waals surface area contributed by atoms with E-state index >= 15 is 0 Å². The summed E-state index contributed by atoms with van der Waals surface area (Å²) in [4.78, 5) is 0. The van der Waals surface area contributed by atoms with Gasteiger partial charge in [0.05, 0.1) is 17.3 Å². The molecule has 2 aromatic rings. The van der Waals surface area contributed by atoms with Crippen molar-refractivity contribution in [3.05, 3.63) is 17.0 Å². The minimum Gasteiger partial charge on any atom is -0.353 e. The van der Waals surface area contributed by atoms with Crippen molar-refractivity contribution >= 4 is 22.6 Å². The van der Waals surface area contributed by atoms with Crippen LogP contribution in [0, 0.1) is 6.92 Å². The van der Waals surface area contributed by atoms with Crippen molar-refractivity contribution in [2.45, 2.75) is 6.92 Å². The molecule has 0 N–H and O–H groups in total. The van der Waals surface area contributed by atoms with E-state index in [4.69, 9.17) is 16.1 Å². The van der Waals surface area contributed by atoms with Gasteiger partial charge in [0, 0.05) is 0 Å². The molecule has 0 aromatic carbocycles. The first kappa shape index (κ1) is 6.54. The highest BCUT2D eigenvalue weighted by Gasteiger charge is 2.08. The third kappa shape index (κ3) is 0.867. The standard InChI is InChI=1S/C6H4ClN3O/c1-3-4-2-8-9-6(7)5(4)11-10-3/h2H,1H3. The second-order valence-electron chi connectivity index (χ2n) is 2.15. The summed E-state index contributed by atoms with van der Waals surface area (Å²) in [7, 11) is 0. The van der Waals surface area contributed by atoms with E-state index in [1.54, 1.807) is 6.20 Å². The number of aryl methyl sites for hydroxylation is 1. The van der Waals surface area contributed by atoms with Crippen LogP contribution in [0.4, 0.5) is 0 Å². The molecule has 0 radical (unpaired) electrons. The van der Waals surface area contributed by atoms with E-state index in [0.29, 0.717) is 5.58 Å². The number of rotatable bonds is 0. The molecule has 0 fully saturated rings. The second kappa shape index (κ2) is 2.17. The molecule has 0 atom stereocenters. The van der Waals surface area contributed by atoms with Crippen molar-refractivity contribution in [1.29, 1.82) is 0 Å². The molecule has 0 aliphatic heterocycles. The van der Waals surface area contributed by atoms with E-state index in [1.807, 2.05) is 6.92 Å². The predicted octanol–water partition coefficient (Wildman–Crippen LogP) is 1.58. The molecule has 0 unspecified atom stereocenters. The normalized spacial score (nSPS) is 10.7. The number of aromatic nitrogens is 3. The van der Waals surface area contributed by atoms with Crippen LogP contribution >= 0.6 is 11.6 Å². The Labute approximate surface area is 67.2 Å². The van der Waals surface area contributed by atoms with Gasteiger partial charge in [0.15, 0.2) is 5.15 Å². The lowest BCUT2D eigenvalue weighted by Gasteiger charge is -1.85. The fourth-order valence-corrected chi connectivity index (χ4v) is 1.04. The second-order valence-corrected chi connectivity index (χ2v) is 2.50. The molecule has 5 heteroatoms. The number of nitrogens with zero attached hydrogens (tertiary/aromatic N) is 3. The zero-order valence-electron chi connectivity index (χ0n) is 5.71. The molecule has 0 bridgehead atoms. The third-order valence-corrected chi connectivity index (χ3v) is 1.68. The van der Waals surface area contributed by atoms with E-state index in [2.05, 4.69) is 15.4 Å². The summed E-state index contributed by atoms with van der Waals surface area (Å²) in [5, 5.41) is 12.0. The van der Waals surface area contributed by atoms with Gasteiger partial charge in [-0.15, -0.1) is 5.10 Å². The van der Waals surface area contributed by atoms with Gasteiger partial charge in [-0.2, -0.15) is 5.10 Å². The molecule has 2 rings (SSSR count). The zero-order valence-corrected chi connectivity index (χ0v) is 6.46. The maximum Gasteiger partial charge on any atom is 0.207 e. The van der Waals surface area contributed by atoms with E-state index in [9.17, 15) is 0 Å². The third-order valence-electron chi connectivity index (χ3n) is 1.43. The fraction of sp³-hybridized carbons (Fsp3) is 0.167. The Kier molecular flexibility index (Phi) is 1.29. The first-order valence-corrected chi connectivity index (χ1v) is 3.40. The smallest absolute Gasteiger partial charge is 0.207 e. The Bertz CT molecular complexity index is 398. The molecule has 0 aliphatic rings. The highest BCUT2D eigenvalue weighted by atomic mass is 35.5. The number of halogens is 1. The van der Waals surface area contributed by atoms with Crippen LogP contribution in [-0.2, 0) is 0 Å². The number of fused-ring (bicyclic) bond motifs is 1. The monoisotopic (exact) mass is 169 g/mol. The molecular formula is C6H4ClN3O. The highest BCUT2D eigenvalue weighted by Crippen LogP contribution is 2.21. The lowest BCUT2D eigenvalue weighted by molar-refractivity contribution is 0.449. The minimum absolute atomic E-state index is 0.253. The van der Waals surface area contributed by atoms with Gasteiger partial charge in [-0.05, 0) is 6.92 Å². The topological polar surface area (TPSA) is 51.8 Å². The summed E-state index contributed by atoms with van der Waals surface area (Å²) in [6, 6.07) is 0. The average molecular weight is 170 g/mol. The summed E-state index contributed by atoms with van der Waals surface area (Å²) >= 11 is 5.66. The summed E-state index contributed by atoms with van der Waals surface area (Å²) in [6.45, 7) is 1.82. The Morgan fingerprint density at radius 2 is 2.36 bits per heavy atom. The lowest BCUT2D eigenvalue weighted by atomic mass is 10.3. The van der Waals surface area contributed by atoms with Gasteiger partial charge in [0.25, 0.3) is 0 Å². The molecular weight excluding hydrogens is 166 g/mol. The predicted molar refractivity (Wildman–Crippen MR) is 39.3 cm³/mol. The van der Waals surface area contributed by atoms with Gasteiger partial charge in [-0.1, -0.05) is 16.8 Å². The molecule has 0 spiro atoms. The SMILES string of the molecule is Cc1noc2c(Cl)nncc12. The molecule has 11 heavy (non-hydrogen) atoms.